The zero-order chi connectivity index (χ0) is 25.3. The van der Waals surface area contributed by atoms with Crippen LogP contribution in [0.4, 0.5) is 10.5 Å². The van der Waals surface area contributed by atoms with E-state index in [4.69, 9.17) is 9.47 Å². The number of nitriles is 1. The number of nitrogens with zero attached hydrogens (tertiary/aromatic N) is 2. The second-order valence-corrected chi connectivity index (χ2v) is 11.8. The molecule has 1 aliphatic carbocycles. The molecule has 0 spiro atoms. The molecule has 0 bridgehead atoms. The molecule has 1 saturated carbocycles. The molecule has 1 amide bonds. The van der Waals surface area contributed by atoms with Crippen molar-refractivity contribution in [3.05, 3.63) is 48.0 Å². The summed E-state index contributed by atoms with van der Waals surface area (Å²) >= 11 is 0. The number of carbonyl (C=O) groups excluding carboxylic acids is 1. The van der Waals surface area contributed by atoms with Gasteiger partial charge in [-0.2, -0.15) is 5.26 Å². The van der Waals surface area contributed by atoms with Crippen molar-refractivity contribution in [2.75, 3.05) is 23.4 Å². The fourth-order valence-electron chi connectivity index (χ4n) is 4.74. The van der Waals surface area contributed by atoms with Crippen LogP contribution < -0.4 is 10.1 Å². The quantitative estimate of drug-likeness (QED) is 0.476. The van der Waals surface area contributed by atoms with Crippen molar-refractivity contribution in [3.8, 4) is 23.1 Å². The molecule has 5 rings (SSSR count). The summed E-state index contributed by atoms with van der Waals surface area (Å²) < 4.78 is 36.9. The first kappa shape index (κ1) is 24.2. The number of aromatic nitrogens is 1. The number of anilines is 1. The van der Waals surface area contributed by atoms with Gasteiger partial charge in [0.1, 0.15) is 17.9 Å². The van der Waals surface area contributed by atoms with E-state index in [2.05, 4.69) is 16.0 Å². The number of benzene rings is 2. The lowest BCUT2D eigenvalue weighted by Crippen LogP contribution is -2.30. The number of sulfone groups is 1. The maximum absolute atomic E-state index is 11.8. The van der Waals surface area contributed by atoms with Crippen LogP contribution in [0.3, 0.4) is 0 Å². The summed E-state index contributed by atoms with van der Waals surface area (Å²) in [4.78, 5) is 11.8. The van der Waals surface area contributed by atoms with Crippen LogP contribution in [-0.4, -0.2) is 43.3 Å². The fraction of sp³-hybridized carbons (Fsp3) is 0.407. The Labute approximate surface area is 210 Å². The minimum Gasteiger partial charge on any atom is -0.490 e. The highest BCUT2D eigenvalue weighted by Gasteiger charge is 2.28. The number of carbonyl (C=O) groups is 1. The third kappa shape index (κ3) is 5.19. The summed E-state index contributed by atoms with van der Waals surface area (Å²) in [5, 5.41) is 13.7. The smallest absolute Gasteiger partial charge is 0.411 e. The molecule has 9 heteroatoms. The average Bonchev–Trinajstić information content (AvgIpc) is 3.63. The molecule has 0 atom stereocenters. The van der Waals surface area contributed by atoms with Crippen molar-refractivity contribution in [1.29, 1.82) is 5.26 Å². The Kier molecular flexibility index (Phi) is 6.63. The standard InChI is InChI=1S/C27H29N3O5S/c1-2-34-27(31)29-20-7-5-19(6-8-20)26-24(16-28)23-10-9-22(15-25(23)30(26)17-18-3-4-18)35-21-11-13-36(32,33)14-12-21/h5-10,15,18,21H,2-4,11-14,17H2,1H3,(H,29,31). The first-order valence-electron chi connectivity index (χ1n) is 12.3. The first-order chi connectivity index (χ1) is 17.4. The van der Waals surface area contributed by atoms with E-state index in [9.17, 15) is 18.5 Å². The maximum Gasteiger partial charge on any atom is 0.411 e. The van der Waals surface area contributed by atoms with Crippen molar-refractivity contribution in [1.82, 2.24) is 4.57 Å². The highest BCUT2D eigenvalue weighted by atomic mass is 32.2. The third-order valence-corrected chi connectivity index (χ3v) is 8.49. The second-order valence-electron chi connectivity index (χ2n) is 9.46. The van der Waals surface area contributed by atoms with Crippen molar-refractivity contribution >= 4 is 32.5 Å². The molecule has 2 heterocycles. The summed E-state index contributed by atoms with van der Waals surface area (Å²) in [7, 11) is -2.96. The molecule has 1 saturated heterocycles. The molecular formula is C27H29N3O5S. The van der Waals surface area contributed by atoms with E-state index < -0.39 is 15.9 Å². The molecule has 2 fully saturated rings. The highest BCUT2D eigenvalue weighted by molar-refractivity contribution is 7.91. The molecular weight excluding hydrogens is 478 g/mol. The monoisotopic (exact) mass is 507 g/mol. The van der Waals surface area contributed by atoms with E-state index >= 15 is 0 Å². The molecule has 0 radical (unpaired) electrons. The molecule has 1 aromatic heterocycles. The molecule has 188 valence electrons. The Morgan fingerprint density at radius 3 is 2.47 bits per heavy atom. The van der Waals surface area contributed by atoms with Gasteiger partial charge in [0.15, 0.2) is 9.84 Å². The van der Waals surface area contributed by atoms with Crippen molar-refractivity contribution in [3.63, 3.8) is 0 Å². The predicted octanol–water partition coefficient (Wildman–Crippen LogP) is 5.11. The zero-order valence-corrected chi connectivity index (χ0v) is 21.0. The van der Waals surface area contributed by atoms with Gasteiger partial charge in [-0.25, -0.2) is 13.2 Å². The number of rotatable bonds is 7. The summed E-state index contributed by atoms with van der Waals surface area (Å²) in [6.45, 7) is 2.85. The van der Waals surface area contributed by atoms with Gasteiger partial charge in [0, 0.05) is 23.7 Å². The van der Waals surface area contributed by atoms with E-state index in [1.165, 1.54) is 0 Å². The lowest BCUT2D eigenvalue weighted by Gasteiger charge is -2.23. The SMILES string of the molecule is CCOC(=O)Nc1ccc(-c2c(C#N)c3ccc(OC4CCS(=O)(=O)CC4)cc3n2CC2CC2)cc1. The minimum atomic E-state index is -2.96. The normalized spacial score (nSPS) is 17.4. The van der Waals surface area contributed by atoms with Gasteiger partial charge in [-0.15, -0.1) is 0 Å². The summed E-state index contributed by atoms with van der Waals surface area (Å²) in [6.07, 6.45) is 2.67. The number of hydrogen-bond donors (Lipinski definition) is 1. The summed E-state index contributed by atoms with van der Waals surface area (Å²) in [5.74, 6) is 1.57. The predicted molar refractivity (Wildman–Crippen MR) is 138 cm³/mol. The highest BCUT2D eigenvalue weighted by Crippen LogP contribution is 2.40. The van der Waals surface area contributed by atoms with Gasteiger partial charge in [-0.1, -0.05) is 12.1 Å². The number of amides is 1. The van der Waals surface area contributed by atoms with Crippen LogP contribution in [0, 0.1) is 17.2 Å². The van der Waals surface area contributed by atoms with Gasteiger partial charge in [-0.3, -0.25) is 5.32 Å². The van der Waals surface area contributed by atoms with E-state index in [1.54, 1.807) is 19.1 Å². The van der Waals surface area contributed by atoms with Crippen LogP contribution in [-0.2, 0) is 21.1 Å². The van der Waals surface area contributed by atoms with E-state index in [0.717, 1.165) is 41.5 Å². The lowest BCUT2D eigenvalue weighted by molar-refractivity contribution is 0.168. The van der Waals surface area contributed by atoms with Crippen LogP contribution in [0.2, 0.25) is 0 Å². The molecule has 8 nitrogen and oxygen atoms in total. The van der Waals surface area contributed by atoms with Gasteiger partial charge in [0.25, 0.3) is 0 Å². The van der Waals surface area contributed by atoms with Gasteiger partial charge in [0.05, 0.1) is 34.9 Å². The molecule has 2 aliphatic rings. The number of hydrogen-bond acceptors (Lipinski definition) is 6. The topological polar surface area (TPSA) is 110 Å². The Balaban J connectivity index is 1.49. The van der Waals surface area contributed by atoms with Crippen molar-refractivity contribution < 1.29 is 22.7 Å². The van der Waals surface area contributed by atoms with Crippen LogP contribution in [0.25, 0.3) is 22.2 Å². The van der Waals surface area contributed by atoms with Crippen molar-refractivity contribution in [2.45, 2.75) is 45.3 Å². The lowest BCUT2D eigenvalue weighted by atomic mass is 10.1. The number of fused-ring (bicyclic) bond motifs is 1. The Bertz CT molecular complexity index is 1420. The van der Waals surface area contributed by atoms with E-state index in [1.807, 2.05) is 30.3 Å². The van der Waals surface area contributed by atoms with Crippen LogP contribution in [0.15, 0.2) is 42.5 Å². The van der Waals surface area contributed by atoms with Gasteiger partial charge in [-0.05, 0) is 68.4 Å². The maximum atomic E-state index is 11.8. The number of nitrogens with one attached hydrogen (secondary N) is 1. The Morgan fingerprint density at radius 1 is 1.11 bits per heavy atom. The van der Waals surface area contributed by atoms with E-state index in [-0.39, 0.29) is 17.6 Å². The van der Waals surface area contributed by atoms with Crippen LogP contribution >= 0.6 is 0 Å². The van der Waals surface area contributed by atoms with Crippen LogP contribution in [0.1, 0.15) is 38.2 Å². The Morgan fingerprint density at radius 2 is 1.83 bits per heavy atom. The van der Waals surface area contributed by atoms with Gasteiger partial charge >= 0.3 is 6.09 Å². The minimum absolute atomic E-state index is 0.132. The first-order valence-corrected chi connectivity index (χ1v) is 14.2. The molecule has 1 aliphatic heterocycles. The molecule has 2 aromatic carbocycles. The van der Waals surface area contributed by atoms with Crippen LogP contribution in [0.5, 0.6) is 5.75 Å². The Hall–Kier alpha value is -3.51. The molecule has 1 N–H and O–H groups in total. The van der Waals surface area contributed by atoms with Crippen molar-refractivity contribution in [2.24, 2.45) is 5.92 Å². The summed E-state index contributed by atoms with van der Waals surface area (Å²) in [5.41, 5.74) is 3.89. The summed E-state index contributed by atoms with van der Waals surface area (Å²) in [6, 6.07) is 15.6. The molecule has 36 heavy (non-hydrogen) atoms. The second kappa shape index (κ2) is 9.86. The third-order valence-electron chi connectivity index (χ3n) is 6.77. The average molecular weight is 508 g/mol. The zero-order valence-electron chi connectivity index (χ0n) is 20.2. The van der Waals surface area contributed by atoms with E-state index in [0.29, 0.717) is 42.4 Å². The molecule has 0 unspecified atom stereocenters. The van der Waals surface area contributed by atoms with Gasteiger partial charge < -0.3 is 14.0 Å². The fourth-order valence-corrected chi connectivity index (χ4v) is 6.19. The van der Waals surface area contributed by atoms with Gasteiger partial charge in [0.2, 0.25) is 0 Å². The largest absolute Gasteiger partial charge is 0.490 e. The molecule has 3 aromatic rings. The number of ether oxygens (including phenoxy) is 2.